The molecule has 5 rings (SSSR count). The smallest absolute Gasteiger partial charge is 0.0483 e. The van der Waals surface area contributed by atoms with Gasteiger partial charge in [-0.1, -0.05) is 43.2 Å². The minimum Gasteiger partial charge on any atom is -0.347 e. The molecule has 0 radical (unpaired) electrons. The Hall–Kier alpha value is -1.50. The molecule has 1 aromatic heterocycles. The predicted molar refractivity (Wildman–Crippen MR) is 83.1 cm³/mol. The fourth-order valence-electron chi connectivity index (χ4n) is 5.49. The van der Waals surface area contributed by atoms with Gasteiger partial charge in [0.15, 0.2) is 0 Å². The van der Waals surface area contributed by atoms with Crippen LogP contribution in [0.3, 0.4) is 0 Å². The molecule has 2 aromatic rings. The summed E-state index contributed by atoms with van der Waals surface area (Å²) in [6.45, 7) is 0. The van der Waals surface area contributed by atoms with Gasteiger partial charge in [-0.25, -0.2) is 0 Å². The molecule has 1 spiro atoms. The molecule has 0 amide bonds. The van der Waals surface area contributed by atoms with Crippen LogP contribution in [0.2, 0.25) is 0 Å². The van der Waals surface area contributed by atoms with E-state index in [1.165, 1.54) is 43.0 Å². The van der Waals surface area contributed by atoms with E-state index >= 15 is 0 Å². The highest BCUT2D eigenvalue weighted by Crippen LogP contribution is 2.60. The molecule has 0 N–H and O–H groups in total. The summed E-state index contributed by atoms with van der Waals surface area (Å²) in [6.07, 6.45) is 12.0. The van der Waals surface area contributed by atoms with Gasteiger partial charge in [-0.15, -0.1) is 0 Å². The highest BCUT2D eigenvalue weighted by atomic mass is 15.0. The number of aryl methyl sites for hydroxylation is 1. The summed E-state index contributed by atoms with van der Waals surface area (Å²) in [5.74, 6) is 1.46. The first-order valence-electron chi connectivity index (χ1n) is 8.07. The molecule has 2 bridgehead atoms. The normalized spacial score (nSPS) is 29.4. The van der Waals surface area contributed by atoms with Crippen molar-refractivity contribution in [2.45, 2.75) is 43.4 Å². The van der Waals surface area contributed by atoms with Crippen LogP contribution in [-0.4, -0.2) is 4.57 Å². The molecule has 0 saturated heterocycles. The molecule has 2 atom stereocenters. The van der Waals surface area contributed by atoms with Crippen molar-refractivity contribution in [2.75, 3.05) is 0 Å². The Bertz CT molecular complexity index is 728. The van der Waals surface area contributed by atoms with Crippen molar-refractivity contribution in [3.05, 3.63) is 47.7 Å². The van der Waals surface area contributed by atoms with E-state index in [-0.39, 0.29) is 0 Å². The average molecular weight is 263 g/mol. The molecule has 102 valence electrons. The standard InChI is InChI=1S/C19H21N/c1-20-16-7-3-2-6-15(16)17-18(20)13-8-9-14(12-13)19(17)10-4-5-11-19/h2-3,6-9,13-14H,4-5,10-12H2,1H3. The molecule has 3 aliphatic carbocycles. The second-order valence-electron chi connectivity index (χ2n) is 7.03. The van der Waals surface area contributed by atoms with Crippen LogP contribution in [0.25, 0.3) is 10.9 Å². The van der Waals surface area contributed by atoms with Gasteiger partial charge in [0.2, 0.25) is 0 Å². The van der Waals surface area contributed by atoms with Gasteiger partial charge in [0.25, 0.3) is 0 Å². The minimum atomic E-state index is 0.458. The van der Waals surface area contributed by atoms with Crippen molar-refractivity contribution in [2.24, 2.45) is 13.0 Å². The first-order valence-corrected chi connectivity index (χ1v) is 8.07. The summed E-state index contributed by atoms with van der Waals surface area (Å²) in [4.78, 5) is 0. The van der Waals surface area contributed by atoms with Crippen LogP contribution in [0.4, 0.5) is 0 Å². The molecule has 1 saturated carbocycles. The minimum absolute atomic E-state index is 0.458. The predicted octanol–water partition coefficient (Wildman–Crippen LogP) is 4.66. The number of fused-ring (bicyclic) bond motifs is 8. The maximum atomic E-state index is 2.55. The Morgan fingerprint density at radius 1 is 1.10 bits per heavy atom. The van der Waals surface area contributed by atoms with E-state index in [4.69, 9.17) is 0 Å². The fourth-order valence-corrected chi connectivity index (χ4v) is 5.49. The van der Waals surface area contributed by atoms with Crippen LogP contribution in [0.5, 0.6) is 0 Å². The Labute approximate surface area is 120 Å². The Morgan fingerprint density at radius 3 is 2.75 bits per heavy atom. The molecule has 1 fully saturated rings. The van der Waals surface area contributed by atoms with Crippen molar-refractivity contribution >= 4 is 10.9 Å². The molecule has 2 unspecified atom stereocenters. The molecule has 1 heteroatoms. The van der Waals surface area contributed by atoms with E-state index in [0.717, 1.165) is 5.92 Å². The Kier molecular flexibility index (Phi) is 2.00. The lowest BCUT2D eigenvalue weighted by molar-refractivity contribution is 0.291. The topological polar surface area (TPSA) is 4.93 Å². The van der Waals surface area contributed by atoms with Crippen molar-refractivity contribution in [1.82, 2.24) is 4.57 Å². The number of rotatable bonds is 0. The summed E-state index contributed by atoms with van der Waals surface area (Å²) in [5.41, 5.74) is 5.24. The van der Waals surface area contributed by atoms with Crippen LogP contribution in [-0.2, 0) is 12.5 Å². The first-order chi connectivity index (χ1) is 9.81. The summed E-state index contributed by atoms with van der Waals surface area (Å²) in [5, 5.41) is 1.53. The van der Waals surface area contributed by atoms with Gasteiger partial charge in [-0.05, 0) is 36.8 Å². The SMILES string of the molecule is Cn1c2c(c3ccccc31)C1(CCCC1)C1C=CC2C1. The molecule has 1 heterocycles. The van der Waals surface area contributed by atoms with E-state index in [1.54, 1.807) is 11.3 Å². The number of nitrogens with zero attached hydrogens (tertiary/aromatic N) is 1. The van der Waals surface area contributed by atoms with E-state index in [2.05, 4.69) is 48.0 Å². The summed E-state index contributed by atoms with van der Waals surface area (Å²) in [6, 6.07) is 9.06. The van der Waals surface area contributed by atoms with Gasteiger partial charge in [0, 0.05) is 35.0 Å². The molecule has 1 aromatic carbocycles. The molecular formula is C19H21N. The van der Waals surface area contributed by atoms with Crippen molar-refractivity contribution in [3.8, 4) is 0 Å². The summed E-state index contributed by atoms with van der Waals surface area (Å²) in [7, 11) is 2.27. The van der Waals surface area contributed by atoms with Gasteiger partial charge < -0.3 is 4.57 Å². The van der Waals surface area contributed by atoms with Crippen molar-refractivity contribution in [3.63, 3.8) is 0 Å². The van der Waals surface area contributed by atoms with Crippen LogP contribution < -0.4 is 0 Å². The second kappa shape index (κ2) is 3.58. The van der Waals surface area contributed by atoms with Gasteiger partial charge >= 0.3 is 0 Å². The zero-order chi connectivity index (χ0) is 13.3. The number of benzene rings is 1. The second-order valence-corrected chi connectivity index (χ2v) is 7.03. The molecule has 0 aliphatic heterocycles. The lowest BCUT2D eigenvalue weighted by atomic mass is 9.63. The molecular weight excluding hydrogens is 242 g/mol. The lowest BCUT2D eigenvalue weighted by Crippen LogP contribution is -2.35. The number of hydrogen-bond acceptors (Lipinski definition) is 0. The molecule has 1 nitrogen and oxygen atoms in total. The number of hydrogen-bond donors (Lipinski definition) is 0. The van der Waals surface area contributed by atoms with E-state index < -0.39 is 0 Å². The first kappa shape index (κ1) is 11.2. The van der Waals surface area contributed by atoms with Gasteiger partial charge in [0.1, 0.15) is 0 Å². The number of para-hydroxylation sites is 1. The third kappa shape index (κ3) is 1.12. The van der Waals surface area contributed by atoms with Gasteiger partial charge in [-0.3, -0.25) is 0 Å². The summed E-state index contributed by atoms with van der Waals surface area (Å²) < 4.78 is 2.49. The van der Waals surface area contributed by atoms with Gasteiger partial charge in [-0.2, -0.15) is 0 Å². The van der Waals surface area contributed by atoms with Crippen LogP contribution in [0.15, 0.2) is 36.4 Å². The highest BCUT2D eigenvalue weighted by molar-refractivity contribution is 5.88. The third-order valence-corrected chi connectivity index (χ3v) is 6.29. The maximum absolute atomic E-state index is 2.55. The van der Waals surface area contributed by atoms with E-state index in [1.807, 2.05) is 0 Å². The van der Waals surface area contributed by atoms with Gasteiger partial charge in [0.05, 0.1) is 0 Å². The summed E-state index contributed by atoms with van der Waals surface area (Å²) >= 11 is 0. The average Bonchev–Trinajstić information content (AvgIpc) is 3.15. The highest BCUT2D eigenvalue weighted by Gasteiger charge is 2.51. The molecule has 3 aliphatic rings. The van der Waals surface area contributed by atoms with Crippen molar-refractivity contribution in [1.29, 1.82) is 0 Å². The quantitative estimate of drug-likeness (QED) is 0.609. The van der Waals surface area contributed by atoms with Crippen LogP contribution in [0, 0.1) is 5.92 Å². The van der Waals surface area contributed by atoms with Crippen LogP contribution in [0.1, 0.15) is 49.3 Å². The largest absolute Gasteiger partial charge is 0.347 e. The van der Waals surface area contributed by atoms with E-state index in [9.17, 15) is 0 Å². The lowest BCUT2D eigenvalue weighted by Gasteiger charge is -2.40. The van der Waals surface area contributed by atoms with Crippen molar-refractivity contribution < 1.29 is 0 Å². The maximum Gasteiger partial charge on any atom is 0.0483 e. The van der Waals surface area contributed by atoms with Crippen LogP contribution >= 0.6 is 0 Å². The zero-order valence-corrected chi connectivity index (χ0v) is 12.1. The monoisotopic (exact) mass is 263 g/mol. The number of aromatic nitrogens is 1. The molecule has 20 heavy (non-hydrogen) atoms. The Balaban J connectivity index is 1.93. The Morgan fingerprint density at radius 2 is 1.90 bits per heavy atom. The number of allylic oxidation sites excluding steroid dienone is 2. The fraction of sp³-hybridized carbons (Fsp3) is 0.474. The van der Waals surface area contributed by atoms with E-state index in [0.29, 0.717) is 11.3 Å². The zero-order valence-electron chi connectivity index (χ0n) is 12.1. The third-order valence-electron chi connectivity index (χ3n) is 6.29.